The highest BCUT2D eigenvalue weighted by atomic mass is 16.5. The van der Waals surface area contributed by atoms with E-state index in [-0.39, 0.29) is 0 Å². The van der Waals surface area contributed by atoms with Gasteiger partial charge in [0.25, 0.3) is 0 Å². The molecule has 112 valence electrons. The first-order chi connectivity index (χ1) is 10.0. The Hall–Kier alpha value is -2.36. The fraction of sp³-hybridized carbons (Fsp3) is 0.294. The molecule has 0 atom stereocenters. The molecule has 0 saturated heterocycles. The van der Waals surface area contributed by atoms with Gasteiger partial charge in [-0.3, -0.25) is 0 Å². The lowest BCUT2D eigenvalue weighted by Gasteiger charge is -2.14. The van der Waals surface area contributed by atoms with E-state index in [0.29, 0.717) is 6.54 Å². The lowest BCUT2D eigenvalue weighted by molar-refractivity contribution is 0.391. The number of hydrogen-bond acceptors (Lipinski definition) is 4. The number of benzene rings is 2. The van der Waals surface area contributed by atoms with Gasteiger partial charge in [0.05, 0.1) is 25.6 Å². The molecule has 0 bridgehead atoms. The molecular formula is C17H22N2O2. The van der Waals surface area contributed by atoms with Gasteiger partial charge >= 0.3 is 0 Å². The molecular weight excluding hydrogens is 264 g/mol. The van der Waals surface area contributed by atoms with E-state index >= 15 is 0 Å². The molecule has 0 heterocycles. The molecule has 2 aromatic carbocycles. The van der Waals surface area contributed by atoms with Crippen molar-refractivity contribution in [2.24, 2.45) is 0 Å². The number of hydrogen-bond donors (Lipinski definition) is 2. The van der Waals surface area contributed by atoms with Crippen LogP contribution in [0.4, 0.5) is 11.4 Å². The summed E-state index contributed by atoms with van der Waals surface area (Å²) in [5.74, 6) is 1.57. The Morgan fingerprint density at radius 1 is 1.00 bits per heavy atom. The molecule has 0 spiro atoms. The van der Waals surface area contributed by atoms with Gasteiger partial charge in [-0.05, 0) is 49.2 Å². The van der Waals surface area contributed by atoms with Gasteiger partial charge in [-0.1, -0.05) is 0 Å². The van der Waals surface area contributed by atoms with Crippen LogP contribution in [-0.2, 0) is 6.54 Å². The van der Waals surface area contributed by atoms with E-state index in [9.17, 15) is 0 Å². The molecule has 0 amide bonds. The zero-order valence-electron chi connectivity index (χ0n) is 13.0. The first kappa shape index (κ1) is 15.0. The van der Waals surface area contributed by atoms with Crippen molar-refractivity contribution in [1.82, 2.24) is 0 Å². The normalized spacial score (nSPS) is 10.3. The van der Waals surface area contributed by atoms with Gasteiger partial charge in [-0.25, -0.2) is 0 Å². The third-order valence-electron chi connectivity index (χ3n) is 3.63. The van der Waals surface area contributed by atoms with Crippen LogP contribution in [-0.4, -0.2) is 14.2 Å². The first-order valence-corrected chi connectivity index (χ1v) is 6.86. The van der Waals surface area contributed by atoms with Gasteiger partial charge in [0, 0.05) is 18.2 Å². The fourth-order valence-electron chi connectivity index (χ4n) is 2.18. The van der Waals surface area contributed by atoms with Crippen LogP contribution in [0.15, 0.2) is 30.3 Å². The second-order valence-electron chi connectivity index (χ2n) is 5.06. The van der Waals surface area contributed by atoms with Crippen molar-refractivity contribution in [1.29, 1.82) is 0 Å². The summed E-state index contributed by atoms with van der Waals surface area (Å²) in [7, 11) is 3.30. The molecule has 4 heteroatoms. The maximum Gasteiger partial charge on any atom is 0.127 e. The third kappa shape index (κ3) is 3.40. The lowest BCUT2D eigenvalue weighted by Crippen LogP contribution is -2.05. The molecule has 0 fully saturated rings. The van der Waals surface area contributed by atoms with Gasteiger partial charge in [-0.2, -0.15) is 0 Å². The second-order valence-corrected chi connectivity index (χ2v) is 5.06. The molecule has 0 aliphatic carbocycles. The van der Waals surface area contributed by atoms with Crippen molar-refractivity contribution < 1.29 is 9.47 Å². The van der Waals surface area contributed by atoms with Crippen LogP contribution in [0.25, 0.3) is 0 Å². The number of ether oxygens (including phenoxy) is 2. The number of nitrogens with one attached hydrogen (secondary N) is 1. The Bertz CT molecular complexity index is 639. The van der Waals surface area contributed by atoms with Crippen molar-refractivity contribution in [3.05, 3.63) is 47.0 Å². The molecule has 0 aromatic heterocycles. The van der Waals surface area contributed by atoms with Gasteiger partial charge in [0.15, 0.2) is 0 Å². The number of nitrogens with two attached hydrogens (primary N) is 1. The van der Waals surface area contributed by atoms with E-state index in [1.165, 1.54) is 11.1 Å². The molecule has 21 heavy (non-hydrogen) atoms. The number of methoxy groups -OCH3 is 2. The standard InChI is InChI=1S/C17H22N2O2/c1-11-7-15(18)16(8-12(11)2)19-10-13-5-6-14(20-3)9-17(13)21-4/h5-9,19H,10,18H2,1-4H3. The largest absolute Gasteiger partial charge is 0.497 e. The van der Waals surface area contributed by atoms with Gasteiger partial charge in [0.1, 0.15) is 11.5 Å². The molecule has 0 aliphatic rings. The zero-order valence-corrected chi connectivity index (χ0v) is 13.0. The molecule has 4 nitrogen and oxygen atoms in total. The topological polar surface area (TPSA) is 56.5 Å². The maximum absolute atomic E-state index is 6.06. The van der Waals surface area contributed by atoms with Crippen molar-refractivity contribution in [2.75, 3.05) is 25.3 Å². The van der Waals surface area contributed by atoms with E-state index < -0.39 is 0 Å². The molecule has 3 N–H and O–H groups in total. The number of rotatable bonds is 5. The summed E-state index contributed by atoms with van der Waals surface area (Å²) < 4.78 is 10.6. The van der Waals surface area contributed by atoms with Crippen LogP contribution in [0, 0.1) is 13.8 Å². The van der Waals surface area contributed by atoms with Crippen LogP contribution >= 0.6 is 0 Å². The SMILES string of the molecule is COc1ccc(CNc2cc(C)c(C)cc2N)c(OC)c1. The van der Waals surface area contributed by atoms with E-state index in [1.807, 2.05) is 24.3 Å². The van der Waals surface area contributed by atoms with Gasteiger partial charge in [0.2, 0.25) is 0 Å². The molecule has 2 aromatic rings. The summed E-state index contributed by atoms with van der Waals surface area (Å²) in [5, 5.41) is 3.36. The Labute approximate surface area is 125 Å². The number of anilines is 2. The predicted molar refractivity (Wildman–Crippen MR) is 87.2 cm³/mol. The zero-order chi connectivity index (χ0) is 15.4. The van der Waals surface area contributed by atoms with Crippen molar-refractivity contribution in [3.8, 4) is 11.5 Å². The second kappa shape index (κ2) is 6.39. The van der Waals surface area contributed by atoms with Crippen molar-refractivity contribution in [2.45, 2.75) is 20.4 Å². The predicted octanol–water partition coefficient (Wildman–Crippen LogP) is 3.51. The Kier molecular flexibility index (Phi) is 4.58. The highest BCUT2D eigenvalue weighted by molar-refractivity contribution is 5.68. The molecule has 2 rings (SSSR count). The van der Waals surface area contributed by atoms with Crippen molar-refractivity contribution >= 4 is 11.4 Å². The van der Waals surface area contributed by atoms with Gasteiger partial charge in [-0.15, -0.1) is 0 Å². The first-order valence-electron chi connectivity index (χ1n) is 6.86. The summed E-state index contributed by atoms with van der Waals surface area (Å²) in [6.07, 6.45) is 0. The van der Waals surface area contributed by atoms with Gasteiger partial charge < -0.3 is 20.5 Å². The summed E-state index contributed by atoms with van der Waals surface area (Å²) in [6, 6.07) is 9.84. The van der Waals surface area contributed by atoms with Crippen LogP contribution in [0.3, 0.4) is 0 Å². The molecule has 0 radical (unpaired) electrons. The number of nitrogen functional groups attached to an aromatic ring is 1. The Balaban J connectivity index is 2.18. The quantitative estimate of drug-likeness (QED) is 0.826. The highest BCUT2D eigenvalue weighted by Gasteiger charge is 2.07. The summed E-state index contributed by atoms with van der Waals surface area (Å²) in [5.41, 5.74) is 11.2. The Morgan fingerprint density at radius 3 is 2.38 bits per heavy atom. The van der Waals surface area contributed by atoms with E-state index in [1.54, 1.807) is 14.2 Å². The van der Waals surface area contributed by atoms with Crippen molar-refractivity contribution in [3.63, 3.8) is 0 Å². The minimum absolute atomic E-state index is 0.639. The smallest absolute Gasteiger partial charge is 0.127 e. The van der Waals surface area contributed by atoms with E-state index in [4.69, 9.17) is 15.2 Å². The maximum atomic E-state index is 6.06. The average molecular weight is 286 g/mol. The van der Waals surface area contributed by atoms with Crippen LogP contribution in [0.5, 0.6) is 11.5 Å². The lowest BCUT2D eigenvalue weighted by atomic mass is 10.1. The van der Waals surface area contributed by atoms with E-state index in [2.05, 4.69) is 25.2 Å². The van der Waals surface area contributed by atoms with Crippen LogP contribution < -0.4 is 20.5 Å². The van der Waals surface area contributed by atoms with Crippen LogP contribution in [0.1, 0.15) is 16.7 Å². The minimum Gasteiger partial charge on any atom is -0.497 e. The van der Waals surface area contributed by atoms with E-state index in [0.717, 1.165) is 28.4 Å². The summed E-state index contributed by atoms with van der Waals surface area (Å²) in [6.45, 7) is 4.77. The summed E-state index contributed by atoms with van der Waals surface area (Å²) in [4.78, 5) is 0. The Morgan fingerprint density at radius 2 is 1.71 bits per heavy atom. The summed E-state index contributed by atoms with van der Waals surface area (Å²) >= 11 is 0. The average Bonchev–Trinajstić information content (AvgIpc) is 2.49. The molecule has 0 aliphatic heterocycles. The third-order valence-corrected chi connectivity index (χ3v) is 3.63. The monoisotopic (exact) mass is 286 g/mol. The minimum atomic E-state index is 0.639. The number of aryl methyl sites for hydroxylation is 2. The molecule has 0 unspecified atom stereocenters. The van der Waals surface area contributed by atoms with Crippen LogP contribution in [0.2, 0.25) is 0 Å². The highest BCUT2D eigenvalue weighted by Crippen LogP contribution is 2.27. The molecule has 0 saturated carbocycles. The fourth-order valence-corrected chi connectivity index (χ4v) is 2.18.